The van der Waals surface area contributed by atoms with Crippen LogP contribution in [0.15, 0.2) is 61.1 Å². The molecule has 0 saturated carbocycles. The predicted molar refractivity (Wildman–Crippen MR) is 114 cm³/mol. The van der Waals surface area contributed by atoms with Crippen LogP contribution in [-0.2, 0) is 27.3 Å². The van der Waals surface area contributed by atoms with E-state index in [9.17, 15) is 29.8 Å². The number of hydrogen-bond acceptors (Lipinski definition) is 9. The van der Waals surface area contributed by atoms with Crippen LogP contribution in [0.1, 0.15) is 11.3 Å². The molecule has 13 heteroatoms. The van der Waals surface area contributed by atoms with Gasteiger partial charge in [-0.25, -0.2) is 14.6 Å². The molecule has 13 nitrogen and oxygen atoms in total. The van der Waals surface area contributed by atoms with Gasteiger partial charge in [-0.05, 0) is 11.6 Å². The minimum Gasteiger partial charge on any atom is -0.444 e. The van der Waals surface area contributed by atoms with Crippen LogP contribution in [0.3, 0.4) is 0 Å². The lowest BCUT2D eigenvalue weighted by Gasteiger charge is -2.20. The summed E-state index contributed by atoms with van der Waals surface area (Å²) in [4.78, 5) is 51.6. The first-order valence-electron chi connectivity index (χ1n) is 9.94. The van der Waals surface area contributed by atoms with Gasteiger partial charge in [0.2, 0.25) is 5.69 Å². The van der Waals surface area contributed by atoms with Crippen LogP contribution in [0.4, 0.5) is 16.2 Å². The van der Waals surface area contributed by atoms with Gasteiger partial charge in [0.1, 0.15) is 12.6 Å². The molecule has 34 heavy (non-hydrogen) atoms. The molecule has 0 spiro atoms. The van der Waals surface area contributed by atoms with Crippen LogP contribution >= 0.6 is 0 Å². The first-order chi connectivity index (χ1) is 16.4. The number of amides is 1. The second-order valence-electron chi connectivity index (χ2n) is 7.24. The Morgan fingerprint density at radius 1 is 1.09 bits per heavy atom. The molecule has 174 valence electrons. The molecule has 0 radical (unpaired) electrons. The van der Waals surface area contributed by atoms with Crippen molar-refractivity contribution in [2.45, 2.75) is 19.1 Å². The van der Waals surface area contributed by atoms with Gasteiger partial charge in [0.05, 0.1) is 16.2 Å². The number of carbonyl (C=O) groups excluding carboxylic acids is 2. The molecular weight excluding hydrogens is 450 g/mol. The van der Waals surface area contributed by atoms with E-state index in [1.807, 2.05) is 6.07 Å². The topological polar surface area (TPSA) is 160 Å². The van der Waals surface area contributed by atoms with Gasteiger partial charge >= 0.3 is 12.1 Å². The third-order valence-electron chi connectivity index (χ3n) is 5.18. The summed E-state index contributed by atoms with van der Waals surface area (Å²) >= 11 is 0. The van der Waals surface area contributed by atoms with Crippen LogP contribution in [-0.4, -0.2) is 49.1 Å². The lowest BCUT2D eigenvalue weighted by Crippen LogP contribution is -2.40. The molecule has 1 aromatic heterocycles. The molecule has 1 fully saturated rings. The predicted octanol–water partition coefficient (Wildman–Crippen LogP) is 2.75. The number of nitrogens with zero attached hydrogens (tertiary/aromatic N) is 5. The number of imidazole rings is 1. The molecule has 0 unspecified atom stereocenters. The summed E-state index contributed by atoms with van der Waals surface area (Å²) in [5, 5.41) is 23.1. The van der Waals surface area contributed by atoms with Crippen LogP contribution < -0.4 is 0 Å². The standard InChI is InChI=1S/C21H17N5O8/c27-20-18(24(13-34-20)21(28)33-11-14-5-2-1-3-6-14)9-15-10-22-12-23(15)19-16(25(29)30)7-4-8-17(19)26(31)32/h1-8,10,12,18H,9,11,13H2/t18-/m0/s1. The maximum atomic E-state index is 12.6. The Kier molecular flexibility index (Phi) is 6.16. The van der Waals surface area contributed by atoms with E-state index in [4.69, 9.17) is 9.47 Å². The fraction of sp³-hybridized carbons (Fsp3) is 0.190. The van der Waals surface area contributed by atoms with Crippen molar-refractivity contribution in [3.63, 3.8) is 0 Å². The molecule has 0 aliphatic carbocycles. The normalized spacial score (nSPS) is 15.1. The van der Waals surface area contributed by atoms with Gasteiger partial charge in [-0.3, -0.25) is 29.7 Å². The van der Waals surface area contributed by atoms with Crippen LogP contribution in [0.2, 0.25) is 0 Å². The van der Waals surface area contributed by atoms with E-state index in [2.05, 4.69) is 4.98 Å². The van der Waals surface area contributed by atoms with E-state index < -0.39 is 39.3 Å². The van der Waals surface area contributed by atoms with Crippen molar-refractivity contribution in [2.24, 2.45) is 0 Å². The monoisotopic (exact) mass is 467 g/mol. The van der Waals surface area contributed by atoms with Gasteiger partial charge in [0.15, 0.2) is 6.73 Å². The number of para-hydroxylation sites is 1. The Labute approximate surface area is 191 Å². The number of nitro groups is 2. The molecule has 1 aliphatic heterocycles. The zero-order valence-corrected chi connectivity index (χ0v) is 17.5. The summed E-state index contributed by atoms with van der Waals surface area (Å²) in [6.07, 6.45) is 1.52. The molecule has 0 bridgehead atoms. The molecule has 4 rings (SSSR count). The highest BCUT2D eigenvalue weighted by atomic mass is 16.6. The average molecular weight is 467 g/mol. The van der Waals surface area contributed by atoms with Gasteiger partial charge in [0.25, 0.3) is 11.4 Å². The number of rotatable bonds is 7. The van der Waals surface area contributed by atoms with E-state index in [-0.39, 0.29) is 31.1 Å². The van der Waals surface area contributed by atoms with Gasteiger partial charge in [0, 0.05) is 30.4 Å². The zero-order valence-electron chi connectivity index (χ0n) is 17.5. The molecule has 2 heterocycles. The Bertz CT molecular complexity index is 1230. The number of ether oxygens (including phenoxy) is 2. The van der Waals surface area contributed by atoms with E-state index in [1.165, 1.54) is 18.6 Å². The Balaban J connectivity index is 1.60. The van der Waals surface area contributed by atoms with Crippen molar-refractivity contribution >= 4 is 23.4 Å². The second-order valence-corrected chi connectivity index (χ2v) is 7.24. The molecule has 0 N–H and O–H groups in total. The number of carbonyl (C=O) groups is 2. The van der Waals surface area contributed by atoms with Crippen molar-refractivity contribution in [1.29, 1.82) is 0 Å². The maximum Gasteiger partial charge on any atom is 0.413 e. The number of benzene rings is 2. The van der Waals surface area contributed by atoms with E-state index >= 15 is 0 Å². The first-order valence-corrected chi connectivity index (χ1v) is 9.94. The lowest BCUT2D eigenvalue weighted by molar-refractivity contribution is -0.393. The average Bonchev–Trinajstić information content (AvgIpc) is 3.44. The van der Waals surface area contributed by atoms with Crippen molar-refractivity contribution < 1.29 is 28.9 Å². The van der Waals surface area contributed by atoms with Crippen LogP contribution in [0.25, 0.3) is 5.69 Å². The quantitative estimate of drug-likeness (QED) is 0.289. The summed E-state index contributed by atoms with van der Waals surface area (Å²) < 4.78 is 11.5. The van der Waals surface area contributed by atoms with Gasteiger partial charge in [-0.1, -0.05) is 30.3 Å². The van der Waals surface area contributed by atoms with E-state index in [1.54, 1.807) is 24.3 Å². The number of nitro benzene ring substituents is 2. The molecule has 1 saturated heterocycles. The van der Waals surface area contributed by atoms with Crippen molar-refractivity contribution in [3.8, 4) is 5.69 Å². The fourth-order valence-corrected chi connectivity index (χ4v) is 3.56. The highest BCUT2D eigenvalue weighted by Gasteiger charge is 2.40. The summed E-state index contributed by atoms with van der Waals surface area (Å²) in [7, 11) is 0. The molecular formula is C21H17N5O8. The van der Waals surface area contributed by atoms with Gasteiger partial charge < -0.3 is 9.47 Å². The molecule has 2 aromatic carbocycles. The number of hydrogen-bond donors (Lipinski definition) is 0. The highest BCUT2D eigenvalue weighted by molar-refractivity contribution is 5.84. The summed E-state index contributed by atoms with van der Waals surface area (Å²) in [5.74, 6) is -0.707. The van der Waals surface area contributed by atoms with Crippen LogP contribution in [0, 0.1) is 20.2 Å². The molecule has 1 atom stereocenters. The maximum absolute atomic E-state index is 12.6. The third kappa shape index (κ3) is 4.39. The Morgan fingerprint density at radius 2 is 1.76 bits per heavy atom. The molecule has 3 aromatic rings. The van der Waals surface area contributed by atoms with Crippen molar-refractivity contribution in [1.82, 2.24) is 14.5 Å². The molecule has 1 aliphatic rings. The van der Waals surface area contributed by atoms with Crippen molar-refractivity contribution in [3.05, 3.63) is 92.5 Å². The third-order valence-corrected chi connectivity index (χ3v) is 5.18. The number of cyclic esters (lactones) is 1. The minimum absolute atomic E-state index is 0.0164. The lowest BCUT2D eigenvalue weighted by atomic mass is 10.1. The first kappa shape index (κ1) is 22.4. The van der Waals surface area contributed by atoms with Crippen molar-refractivity contribution in [2.75, 3.05) is 6.73 Å². The summed E-state index contributed by atoms with van der Waals surface area (Å²) in [6.45, 7) is -0.353. The Morgan fingerprint density at radius 3 is 2.41 bits per heavy atom. The minimum atomic E-state index is -1.11. The SMILES string of the molecule is O=C1OCN(C(=O)OCc2ccccc2)[C@H]1Cc1cncn1-c1c([N+](=O)[O-])cccc1[N+](=O)[O-]. The summed E-state index contributed by atoms with van der Waals surface area (Å²) in [5.41, 5.74) is -0.361. The van der Waals surface area contributed by atoms with Crippen LogP contribution in [0.5, 0.6) is 0 Å². The number of aromatic nitrogens is 2. The van der Waals surface area contributed by atoms with E-state index in [0.29, 0.717) is 0 Å². The Hall–Kier alpha value is -4.81. The highest BCUT2D eigenvalue weighted by Crippen LogP contribution is 2.33. The number of esters is 1. The van der Waals surface area contributed by atoms with Gasteiger partial charge in [-0.2, -0.15) is 0 Å². The van der Waals surface area contributed by atoms with E-state index in [0.717, 1.165) is 27.2 Å². The smallest absolute Gasteiger partial charge is 0.413 e. The summed E-state index contributed by atoms with van der Waals surface area (Å²) in [6, 6.07) is 11.3. The second kappa shape index (κ2) is 9.36. The zero-order chi connectivity index (χ0) is 24.2. The largest absolute Gasteiger partial charge is 0.444 e. The molecule has 1 amide bonds. The fourth-order valence-electron chi connectivity index (χ4n) is 3.56. The van der Waals surface area contributed by atoms with Gasteiger partial charge in [-0.15, -0.1) is 0 Å².